The van der Waals surface area contributed by atoms with Gasteiger partial charge in [0.25, 0.3) is 0 Å². The zero-order valence-corrected chi connectivity index (χ0v) is 13.3. The monoisotopic (exact) mass is 293 g/mol. The Hall–Kier alpha value is -1.78. The molecular formula is C16H27N3O2. The normalized spacial score (nSPS) is 12.0. The van der Waals surface area contributed by atoms with Gasteiger partial charge in [0.1, 0.15) is 11.4 Å². The van der Waals surface area contributed by atoms with Crippen molar-refractivity contribution in [2.24, 2.45) is 0 Å². The number of unbranched alkanes of at least 4 members (excludes halogenated alkanes) is 2. The largest absolute Gasteiger partial charge is 0.379 e. The van der Waals surface area contributed by atoms with E-state index < -0.39 is 0 Å². The van der Waals surface area contributed by atoms with E-state index in [-0.39, 0.29) is 16.7 Å². The highest BCUT2D eigenvalue weighted by Gasteiger charge is 2.20. The number of nitrogens with zero attached hydrogens (tertiary/aromatic N) is 1. The van der Waals surface area contributed by atoms with Crippen LogP contribution < -0.4 is 10.6 Å². The molecule has 2 N–H and O–H groups in total. The van der Waals surface area contributed by atoms with Crippen molar-refractivity contribution >= 4 is 17.1 Å². The number of hydrogen-bond donors (Lipinski definition) is 2. The predicted octanol–water partition coefficient (Wildman–Crippen LogP) is 4.80. The van der Waals surface area contributed by atoms with Crippen LogP contribution in [0.4, 0.5) is 17.1 Å². The van der Waals surface area contributed by atoms with E-state index in [2.05, 4.69) is 24.5 Å². The van der Waals surface area contributed by atoms with Crippen molar-refractivity contribution in [2.75, 3.05) is 17.2 Å². The molecule has 0 amide bonds. The van der Waals surface area contributed by atoms with E-state index in [1.54, 1.807) is 12.1 Å². The Kier molecular flexibility index (Phi) is 7.58. The van der Waals surface area contributed by atoms with Crippen molar-refractivity contribution in [1.82, 2.24) is 0 Å². The predicted molar refractivity (Wildman–Crippen MR) is 89.1 cm³/mol. The molecule has 0 heterocycles. The number of anilines is 2. The lowest BCUT2D eigenvalue weighted by molar-refractivity contribution is -0.383. The van der Waals surface area contributed by atoms with Crippen molar-refractivity contribution < 1.29 is 4.92 Å². The summed E-state index contributed by atoms with van der Waals surface area (Å²) < 4.78 is 0. The van der Waals surface area contributed by atoms with Gasteiger partial charge in [0.15, 0.2) is 0 Å². The van der Waals surface area contributed by atoms with E-state index in [4.69, 9.17) is 0 Å². The molecule has 1 rings (SSSR count). The van der Waals surface area contributed by atoms with Crippen LogP contribution in [0.3, 0.4) is 0 Å². The van der Waals surface area contributed by atoms with Gasteiger partial charge in [-0.1, -0.05) is 39.2 Å². The Morgan fingerprint density at radius 2 is 1.90 bits per heavy atom. The quantitative estimate of drug-likeness (QED) is 0.369. The summed E-state index contributed by atoms with van der Waals surface area (Å²) in [5.41, 5.74) is 1.34. The number of nitro groups is 1. The maximum absolute atomic E-state index is 11.4. The Morgan fingerprint density at radius 3 is 2.52 bits per heavy atom. The second kappa shape index (κ2) is 9.21. The van der Waals surface area contributed by atoms with Crippen LogP contribution in [-0.4, -0.2) is 17.5 Å². The molecule has 118 valence electrons. The summed E-state index contributed by atoms with van der Waals surface area (Å²) in [6.07, 6.45) is 5.49. The molecule has 0 aliphatic rings. The van der Waals surface area contributed by atoms with Gasteiger partial charge in [0.2, 0.25) is 0 Å². The molecule has 1 aromatic rings. The lowest BCUT2D eigenvalue weighted by atomic mass is 10.1. The molecule has 0 saturated heterocycles. The van der Waals surface area contributed by atoms with Crippen LogP contribution in [0.15, 0.2) is 18.2 Å². The number of para-hydroxylation sites is 1. The van der Waals surface area contributed by atoms with Crippen molar-refractivity contribution in [2.45, 2.75) is 58.9 Å². The number of rotatable bonds is 10. The van der Waals surface area contributed by atoms with Gasteiger partial charge in [0.05, 0.1) is 4.92 Å². The third kappa shape index (κ3) is 5.61. The summed E-state index contributed by atoms with van der Waals surface area (Å²) in [5.74, 6) is 0. The average Bonchev–Trinajstić information content (AvgIpc) is 2.45. The summed E-state index contributed by atoms with van der Waals surface area (Å²) in [6.45, 7) is 7.02. The summed E-state index contributed by atoms with van der Waals surface area (Å²) in [4.78, 5) is 11.1. The summed E-state index contributed by atoms with van der Waals surface area (Å²) in [6, 6.07) is 5.63. The van der Waals surface area contributed by atoms with Crippen molar-refractivity contribution in [3.8, 4) is 0 Å². The van der Waals surface area contributed by atoms with Gasteiger partial charge < -0.3 is 10.6 Å². The van der Waals surface area contributed by atoms with E-state index >= 15 is 0 Å². The molecule has 0 bridgehead atoms. The minimum atomic E-state index is -0.306. The number of nitro benzene ring substituents is 1. The molecule has 1 atom stereocenters. The molecular weight excluding hydrogens is 266 g/mol. The lowest BCUT2D eigenvalue weighted by Crippen LogP contribution is -2.16. The molecule has 1 aromatic carbocycles. The fourth-order valence-electron chi connectivity index (χ4n) is 2.30. The molecule has 0 saturated carbocycles. The maximum Gasteiger partial charge on any atom is 0.315 e. The fourth-order valence-corrected chi connectivity index (χ4v) is 2.30. The smallest absolute Gasteiger partial charge is 0.315 e. The van der Waals surface area contributed by atoms with E-state index in [9.17, 15) is 10.1 Å². The van der Waals surface area contributed by atoms with E-state index in [1.165, 1.54) is 12.8 Å². The molecule has 1 unspecified atom stereocenters. The molecule has 0 aliphatic carbocycles. The van der Waals surface area contributed by atoms with Crippen LogP contribution in [0.2, 0.25) is 0 Å². The molecule has 0 aromatic heterocycles. The molecule has 5 heteroatoms. The Bertz CT molecular complexity index is 449. The van der Waals surface area contributed by atoms with Gasteiger partial charge >= 0.3 is 5.69 Å². The zero-order chi connectivity index (χ0) is 15.7. The van der Waals surface area contributed by atoms with Crippen molar-refractivity contribution in [1.29, 1.82) is 0 Å². The van der Waals surface area contributed by atoms with Crippen LogP contribution in [0.5, 0.6) is 0 Å². The van der Waals surface area contributed by atoms with Gasteiger partial charge in [-0.15, -0.1) is 0 Å². The second-order valence-corrected chi connectivity index (χ2v) is 5.43. The first-order valence-electron chi connectivity index (χ1n) is 7.87. The summed E-state index contributed by atoms with van der Waals surface area (Å²) in [5, 5.41) is 17.8. The number of benzene rings is 1. The minimum Gasteiger partial charge on any atom is -0.379 e. The van der Waals surface area contributed by atoms with Crippen LogP contribution in [0.1, 0.15) is 52.9 Å². The van der Waals surface area contributed by atoms with Crippen molar-refractivity contribution in [3.63, 3.8) is 0 Å². The Balaban J connectivity index is 2.82. The first-order valence-corrected chi connectivity index (χ1v) is 7.87. The standard InChI is InChI=1S/C16H27N3O2/c1-4-6-7-9-13(3)18-15-11-8-10-14(17-12-5-2)16(15)19(20)21/h8,10-11,13,17-18H,4-7,9,12H2,1-3H3. The van der Waals surface area contributed by atoms with Gasteiger partial charge in [-0.3, -0.25) is 10.1 Å². The first-order chi connectivity index (χ1) is 10.1. The molecule has 0 radical (unpaired) electrons. The summed E-state index contributed by atoms with van der Waals surface area (Å²) >= 11 is 0. The van der Waals surface area contributed by atoms with Gasteiger partial charge in [0, 0.05) is 12.6 Å². The summed E-state index contributed by atoms with van der Waals surface area (Å²) in [7, 11) is 0. The third-order valence-corrected chi connectivity index (χ3v) is 3.43. The maximum atomic E-state index is 11.4. The highest BCUT2D eigenvalue weighted by molar-refractivity contribution is 5.76. The Labute approximate surface area is 127 Å². The molecule has 0 spiro atoms. The Morgan fingerprint density at radius 1 is 1.19 bits per heavy atom. The molecule has 21 heavy (non-hydrogen) atoms. The van der Waals surface area contributed by atoms with Gasteiger partial charge in [-0.25, -0.2) is 0 Å². The number of hydrogen-bond acceptors (Lipinski definition) is 4. The van der Waals surface area contributed by atoms with Crippen LogP contribution in [0.25, 0.3) is 0 Å². The average molecular weight is 293 g/mol. The topological polar surface area (TPSA) is 67.2 Å². The first kappa shape index (κ1) is 17.3. The highest BCUT2D eigenvalue weighted by Crippen LogP contribution is 2.33. The highest BCUT2D eigenvalue weighted by atomic mass is 16.6. The fraction of sp³-hybridized carbons (Fsp3) is 0.625. The van der Waals surface area contributed by atoms with Gasteiger partial charge in [-0.05, 0) is 31.9 Å². The third-order valence-electron chi connectivity index (χ3n) is 3.43. The minimum absolute atomic E-state index is 0.147. The molecule has 5 nitrogen and oxygen atoms in total. The van der Waals surface area contributed by atoms with Crippen LogP contribution in [-0.2, 0) is 0 Å². The van der Waals surface area contributed by atoms with Crippen LogP contribution >= 0.6 is 0 Å². The van der Waals surface area contributed by atoms with Gasteiger partial charge in [-0.2, -0.15) is 0 Å². The van der Waals surface area contributed by atoms with Crippen molar-refractivity contribution in [3.05, 3.63) is 28.3 Å². The van der Waals surface area contributed by atoms with Crippen LogP contribution in [0, 0.1) is 10.1 Å². The SMILES string of the molecule is CCCCCC(C)Nc1cccc(NCCC)c1[N+](=O)[O-]. The number of nitrogens with one attached hydrogen (secondary N) is 2. The van der Waals surface area contributed by atoms with E-state index in [1.807, 2.05) is 13.0 Å². The molecule has 0 aliphatic heterocycles. The second-order valence-electron chi connectivity index (χ2n) is 5.43. The zero-order valence-electron chi connectivity index (χ0n) is 13.3. The molecule has 0 fully saturated rings. The lowest BCUT2D eigenvalue weighted by Gasteiger charge is -2.16. The van der Waals surface area contributed by atoms with E-state index in [0.29, 0.717) is 11.4 Å². The van der Waals surface area contributed by atoms with E-state index in [0.717, 1.165) is 25.8 Å².